The molecule has 0 aromatic carbocycles. The van der Waals surface area contributed by atoms with E-state index in [4.69, 9.17) is 9.47 Å². The van der Waals surface area contributed by atoms with E-state index in [2.05, 4.69) is 36.3 Å². The van der Waals surface area contributed by atoms with Gasteiger partial charge in [-0.25, -0.2) is 0 Å². The number of piperazine rings is 1. The molecule has 0 aromatic rings. The molecule has 122 valence electrons. The molecular formula is C16H31N3O2. The van der Waals surface area contributed by atoms with Gasteiger partial charge in [-0.1, -0.05) is 0 Å². The van der Waals surface area contributed by atoms with E-state index < -0.39 is 0 Å². The van der Waals surface area contributed by atoms with Crippen LogP contribution in [0.15, 0.2) is 0 Å². The molecule has 3 rings (SSSR count). The lowest BCUT2D eigenvalue weighted by molar-refractivity contribution is -0.108. The molecular weight excluding hydrogens is 266 g/mol. The van der Waals surface area contributed by atoms with E-state index in [0.29, 0.717) is 18.0 Å². The van der Waals surface area contributed by atoms with Gasteiger partial charge in [-0.15, -0.1) is 0 Å². The third-order valence-electron chi connectivity index (χ3n) is 5.75. The summed E-state index contributed by atoms with van der Waals surface area (Å²) in [5, 5.41) is 3.63. The lowest BCUT2D eigenvalue weighted by Gasteiger charge is -2.47. The Bertz CT molecular complexity index is 346. The van der Waals surface area contributed by atoms with E-state index in [9.17, 15) is 0 Å². The van der Waals surface area contributed by atoms with Crippen molar-refractivity contribution in [1.82, 2.24) is 15.1 Å². The molecule has 5 nitrogen and oxygen atoms in total. The second-order valence-electron chi connectivity index (χ2n) is 7.21. The smallest absolute Gasteiger partial charge is 0.0939 e. The fourth-order valence-electron chi connectivity index (χ4n) is 4.41. The molecule has 0 radical (unpaired) electrons. The van der Waals surface area contributed by atoms with Crippen molar-refractivity contribution >= 4 is 0 Å². The number of likely N-dealkylation sites (N-methyl/N-ethyl adjacent to an activating group) is 3. The maximum absolute atomic E-state index is 6.11. The average Bonchev–Trinajstić information content (AvgIpc) is 2.91. The maximum atomic E-state index is 6.11. The van der Waals surface area contributed by atoms with Gasteiger partial charge in [-0.3, -0.25) is 4.90 Å². The summed E-state index contributed by atoms with van der Waals surface area (Å²) in [6, 6.07) is 1.13. The molecule has 0 aliphatic carbocycles. The molecule has 0 saturated carbocycles. The van der Waals surface area contributed by atoms with E-state index in [1.54, 1.807) is 0 Å². The third kappa shape index (κ3) is 3.27. The van der Waals surface area contributed by atoms with Gasteiger partial charge in [0.15, 0.2) is 0 Å². The van der Waals surface area contributed by atoms with Gasteiger partial charge in [-0.05, 0) is 39.9 Å². The van der Waals surface area contributed by atoms with Crippen LogP contribution in [0.5, 0.6) is 0 Å². The van der Waals surface area contributed by atoms with Crippen molar-refractivity contribution in [2.45, 2.75) is 36.9 Å². The molecule has 3 fully saturated rings. The summed E-state index contributed by atoms with van der Waals surface area (Å²) in [5.41, 5.74) is 0.0111. The lowest BCUT2D eigenvalue weighted by atomic mass is 9.78. The zero-order chi connectivity index (χ0) is 14.9. The van der Waals surface area contributed by atoms with Crippen molar-refractivity contribution in [3.8, 4) is 0 Å². The highest BCUT2D eigenvalue weighted by atomic mass is 16.6. The molecule has 4 unspecified atom stereocenters. The standard InChI is InChI=1S/C16H31N3O2/c1-17-15(14-11-18(2)6-7-19(14)3)13-4-8-21-16(10-13)5-9-20-12-16/h13-15,17H,4-12H2,1-3H3. The Balaban J connectivity index is 1.69. The second-order valence-corrected chi connectivity index (χ2v) is 7.21. The van der Waals surface area contributed by atoms with Crippen LogP contribution < -0.4 is 5.32 Å². The van der Waals surface area contributed by atoms with E-state index in [1.807, 2.05) is 0 Å². The predicted octanol–water partition coefficient (Wildman–Crippen LogP) is 0.406. The zero-order valence-electron chi connectivity index (χ0n) is 13.8. The van der Waals surface area contributed by atoms with Gasteiger partial charge in [0, 0.05) is 51.4 Å². The van der Waals surface area contributed by atoms with E-state index in [-0.39, 0.29) is 5.60 Å². The fourth-order valence-corrected chi connectivity index (χ4v) is 4.41. The highest BCUT2D eigenvalue weighted by molar-refractivity contribution is 4.98. The van der Waals surface area contributed by atoms with Crippen molar-refractivity contribution in [3.05, 3.63) is 0 Å². The van der Waals surface area contributed by atoms with Crippen LogP contribution in [0.2, 0.25) is 0 Å². The molecule has 21 heavy (non-hydrogen) atoms. The number of ether oxygens (including phenoxy) is 2. The lowest BCUT2D eigenvalue weighted by Crippen LogP contribution is -2.61. The van der Waals surface area contributed by atoms with Gasteiger partial charge in [0.1, 0.15) is 0 Å². The summed E-state index contributed by atoms with van der Waals surface area (Å²) in [6.07, 6.45) is 3.38. The van der Waals surface area contributed by atoms with Gasteiger partial charge in [0.25, 0.3) is 0 Å². The van der Waals surface area contributed by atoms with Crippen LogP contribution in [0.25, 0.3) is 0 Å². The highest BCUT2D eigenvalue weighted by Gasteiger charge is 2.45. The molecule has 0 bridgehead atoms. The summed E-state index contributed by atoms with van der Waals surface area (Å²) in [5.74, 6) is 0.685. The minimum atomic E-state index is 0.0111. The van der Waals surface area contributed by atoms with Crippen LogP contribution in [0.3, 0.4) is 0 Å². The summed E-state index contributed by atoms with van der Waals surface area (Å²) in [7, 11) is 6.64. The van der Waals surface area contributed by atoms with Crippen LogP contribution in [0, 0.1) is 5.92 Å². The SMILES string of the molecule is CNC(C1CCOC2(CCOC2)C1)C1CN(C)CCN1C. The summed E-state index contributed by atoms with van der Waals surface area (Å²) >= 11 is 0. The first-order valence-corrected chi connectivity index (χ1v) is 8.41. The second kappa shape index (κ2) is 6.50. The van der Waals surface area contributed by atoms with Gasteiger partial charge in [0.05, 0.1) is 12.2 Å². The number of rotatable bonds is 3. The van der Waals surface area contributed by atoms with Gasteiger partial charge in [0.2, 0.25) is 0 Å². The predicted molar refractivity (Wildman–Crippen MR) is 83.6 cm³/mol. The number of nitrogens with zero attached hydrogens (tertiary/aromatic N) is 2. The molecule has 3 aliphatic heterocycles. The molecule has 0 amide bonds. The molecule has 3 aliphatic rings. The van der Waals surface area contributed by atoms with Gasteiger partial charge in [-0.2, -0.15) is 0 Å². The largest absolute Gasteiger partial charge is 0.378 e. The van der Waals surface area contributed by atoms with Crippen LogP contribution in [-0.2, 0) is 9.47 Å². The van der Waals surface area contributed by atoms with Crippen molar-refractivity contribution < 1.29 is 9.47 Å². The summed E-state index contributed by atoms with van der Waals surface area (Å²) < 4.78 is 11.7. The minimum Gasteiger partial charge on any atom is -0.378 e. The first-order valence-electron chi connectivity index (χ1n) is 8.41. The van der Waals surface area contributed by atoms with E-state index in [1.165, 1.54) is 13.0 Å². The minimum absolute atomic E-state index is 0.0111. The first kappa shape index (κ1) is 15.7. The van der Waals surface area contributed by atoms with Crippen molar-refractivity contribution in [2.24, 2.45) is 5.92 Å². The average molecular weight is 297 g/mol. The number of hydrogen-bond donors (Lipinski definition) is 1. The van der Waals surface area contributed by atoms with Crippen molar-refractivity contribution in [3.63, 3.8) is 0 Å². The summed E-state index contributed by atoms with van der Waals surface area (Å²) in [6.45, 7) is 6.04. The first-order chi connectivity index (χ1) is 10.1. The Morgan fingerprint density at radius 1 is 1.24 bits per heavy atom. The molecule has 0 aromatic heterocycles. The monoisotopic (exact) mass is 297 g/mol. The Kier molecular flexibility index (Phi) is 4.86. The topological polar surface area (TPSA) is 37.0 Å². The van der Waals surface area contributed by atoms with E-state index in [0.717, 1.165) is 45.8 Å². The quantitative estimate of drug-likeness (QED) is 0.816. The zero-order valence-corrected chi connectivity index (χ0v) is 13.8. The normalized spacial score (nSPS) is 40.7. The van der Waals surface area contributed by atoms with Crippen molar-refractivity contribution in [1.29, 1.82) is 0 Å². The number of hydrogen-bond acceptors (Lipinski definition) is 5. The fraction of sp³-hybridized carbons (Fsp3) is 1.00. The van der Waals surface area contributed by atoms with Crippen LogP contribution >= 0.6 is 0 Å². The molecule has 5 heteroatoms. The Morgan fingerprint density at radius 3 is 2.81 bits per heavy atom. The van der Waals surface area contributed by atoms with Crippen LogP contribution in [0.1, 0.15) is 19.3 Å². The third-order valence-corrected chi connectivity index (χ3v) is 5.75. The summed E-state index contributed by atoms with van der Waals surface area (Å²) in [4.78, 5) is 5.00. The molecule has 4 atom stereocenters. The Hall–Kier alpha value is -0.200. The van der Waals surface area contributed by atoms with Gasteiger partial charge < -0.3 is 19.7 Å². The number of nitrogens with one attached hydrogen (secondary N) is 1. The Morgan fingerprint density at radius 2 is 2.10 bits per heavy atom. The van der Waals surface area contributed by atoms with Gasteiger partial charge >= 0.3 is 0 Å². The van der Waals surface area contributed by atoms with E-state index >= 15 is 0 Å². The molecule has 1 N–H and O–H groups in total. The molecule has 3 heterocycles. The Labute approximate surface area is 128 Å². The molecule has 3 saturated heterocycles. The maximum Gasteiger partial charge on any atom is 0.0939 e. The highest BCUT2D eigenvalue weighted by Crippen LogP contribution is 2.38. The van der Waals surface area contributed by atoms with Crippen molar-refractivity contribution in [2.75, 3.05) is 60.6 Å². The van der Waals surface area contributed by atoms with Crippen LogP contribution in [0.4, 0.5) is 0 Å². The van der Waals surface area contributed by atoms with Crippen LogP contribution in [-0.4, -0.2) is 88.1 Å². The molecule has 1 spiro atoms.